The number of carbonyl (C=O) groups excluding carboxylic acids is 1. The van der Waals surface area contributed by atoms with Crippen LogP contribution in [0.2, 0.25) is 0 Å². The number of likely N-dealkylation sites (tertiary alicyclic amines) is 1. The van der Waals surface area contributed by atoms with E-state index in [1.54, 1.807) is 31.2 Å². The second-order valence-electron chi connectivity index (χ2n) is 6.18. The third kappa shape index (κ3) is 6.17. The molecule has 142 valence electrons. The lowest BCUT2D eigenvalue weighted by molar-refractivity contribution is 0.0688. The SMILES string of the molecule is CCS(=O)(=O)Nc1ccccc1C(=O)N1CCC(CCNC)CC1.Cl. The Morgan fingerprint density at radius 3 is 2.48 bits per heavy atom. The Morgan fingerprint density at radius 1 is 1.24 bits per heavy atom. The zero-order valence-corrected chi connectivity index (χ0v) is 16.5. The minimum absolute atomic E-state index is 0. The van der Waals surface area contributed by atoms with Crippen LogP contribution in [0.25, 0.3) is 0 Å². The molecular weight excluding hydrogens is 362 g/mol. The molecule has 6 nitrogen and oxygen atoms in total. The number of amides is 1. The van der Waals surface area contributed by atoms with Gasteiger partial charge < -0.3 is 10.2 Å². The van der Waals surface area contributed by atoms with E-state index in [1.165, 1.54) is 0 Å². The fraction of sp³-hybridized carbons (Fsp3) is 0.588. The Kier molecular flexibility index (Phi) is 8.68. The number of sulfonamides is 1. The molecule has 1 aliphatic heterocycles. The summed E-state index contributed by atoms with van der Waals surface area (Å²) < 4.78 is 26.2. The molecule has 0 radical (unpaired) electrons. The minimum atomic E-state index is -3.41. The van der Waals surface area contributed by atoms with Gasteiger partial charge in [0.15, 0.2) is 0 Å². The van der Waals surface area contributed by atoms with Crippen molar-refractivity contribution in [3.05, 3.63) is 29.8 Å². The molecule has 1 amide bonds. The van der Waals surface area contributed by atoms with Crippen molar-refractivity contribution < 1.29 is 13.2 Å². The molecule has 1 fully saturated rings. The van der Waals surface area contributed by atoms with Crippen LogP contribution >= 0.6 is 12.4 Å². The first kappa shape index (κ1) is 21.7. The summed E-state index contributed by atoms with van der Waals surface area (Å²) in [5.74, 6) is 0.527. The number of anilines is 1. The average Bonchev–Trinajstić information content (AvgIpc) is 2.60. The topological polar surface area (TPSA) is 78.5 Å². The van der Waals surface area contributed by atoms with Crippen molar-refractivity contribution >= 4 is 34.0 Å². The van der Waals surface area contributed by atoms with Crippen LogP contribution in [0.4, 0.5) is 5.69 Å². The van der Waals surface area contributed by atoms with Gasteiger partial charge in [-0.05, 0) is 57.8 Å². The van der Waals surface area contributed by atoms with Gasteiger partial charge in [0.2, 0.25) is 10.0 Å². The van der Waals surface area contributed by atoms with E-state index in [1.807, 2.05) is 11.9 Å². The number of nitrogens with one attached hydrogen (secondary N) is 2. The highest BCUT2D eigenvalue weighted by Crippen LogP contribution is 2.24. The standard InChI is InChI=1S/C17H27N3O3S.ClH/c1-3-24(22,23)19-16-7-5-4-6-15(16)17(21)20-12-9-14(10-13-20)8-11-18-2;/h4-7,14,18-19H,3,8-13H2,1-2H3;1H. The molecule has 25 heavy (non-hydrogen) atoms. The summed E-state index contributed by atoms with van der Waals surface area (Å²) in [6.07, 6.45) is 3.12. The summed E-state index contributed by atoms with van der Waals surface area (Å²) in [4.78, 5) is 14.6. The van der Waals surface area contributed by atoms with Crippen LogP contribution in [0.3, 0.4) is 0 Å². The Hall–Kier alpha value is -1.31. The molecule has 1 aromatic carbocycles. The average molecular weight is 390 g/mol. The van der Waals surface area contributed by atoms with E-state index in [0.717, 1.165) is 38.9 Å². The smallest absolute Gasteiger partial charge is 0.255 e. The summed E-state index contributed by atoms with van der Waals surface area (Å²) in [5.41, 5.74) is 0.782. The highest BCUT2D eigenvalue weighted by Gasteiger charge is 2.25. The maximum absolute atomic E-state index is 12.8. The number of piperidine rings is 1. The molecule has 0 saturated carbocycles. The molecule has 0 bridgehead atoms. The quantitative estimate of drug-likeness (QED) is 0.750. The van der Waals surface area contributed by atoms with Gasteiger partial charge in [0.05, 0.1) is 17.0 Å². The highest BCUT2D eigenvalue weighted by molar-refractivity contribution is 7.92. The van der Waals surface area contributed by atoms with Gasteiger partial charge in [-0.2, -0.15) is 0 Å². The number of para-hydroxylation sites is 1. The van der Waals surface area contributed by atoms with Gasteiger partial charge in [0, 0.05) is 13.1 Å². The molecule has 8 heteroatoms. The summed E-state index contributed by atoms with van der Waals surface area (Å²) in [6.45, 7) is 4.02. The lowest BCUT2D eigenvalue weighted by Crippen LogP contribution is -2.39. The largest absolute Gasteiger partial charge is 0.339 e. The van der Waals surface area contributed by atoms with Crippen LogP contribution in [0.15, 0.2) is 24.3 Å². The number of nitrogens with zero attached hydrogens (tertiary/aromatic N) is 1. The molecule has 1 aliphatic rings. The van der Waals surface area contributed by atoms with Crippen molar-refractivity contribution in [2.45, 2.75) is 26.2 Å². The summed E-state index contributed by atoms with van der Waals surface area (Å²) in [7, 11) is -1.45. The van der Waals surface area contributed by atoms with Crippen LogP contribution in [0, 0.1) is 5.92 Å². The first-order valence-corrected chi connectivity index (χ1v) is 10.2. The van der Waals surface area contributed by atoms with Crippen molar-refractivity contribution in [3.8, 4) is 0 Å². The maximum atomic E-state index is 12.8. The fourth-order valence-electron chi connectivity index (χ4n) is 2.94. The fourth-order valence-corrected chi connectivity index (χ4v) is 3.60. The lowest BCUT2D eigenvalue weighted by atomic mass is 9.93. The van der Waals surface area contributed by atoms with E-state index >= 15 is 0 Å². The Bertz CT molecular complexity index is 659. The van der Waals surface area contributed by atoms with Gasteiger partial charge in [0.25, 0.3) is 5.91 Å². The lowest BCUT2D eigenvalue weighted by Gasteiger charge is -2.32. The molecule has 1 saturated heterocycles. The summed E-state index contributed by atoms with van der Waals surface area (Å²) in [5, 5.41) is 3.16. The first-order valence-electron chi connectivity index (χ1n) is 8.50. The maximum Gasteiger partial charge on any atom is 0.255 e. The first-order chi connectivity index (χ1) is 11.5. The number of hydrogen-bond acceptors (Lipinski definition) is 4. The number of carbonyl (C=O) groups is 1. The molecule has 1 aromatic rings. The van der Waals surface area contributed by atoms with E-state index in [9.17, 15) is 13.2 Å². The number of rotatable bonds is 7. The van der Waals surface area contributed by atoms with Crippen LogP contribution in [0.1, 0.15) is 36.5 Å². The van der Waals surface area contributed by atoms with Crippen LogP contribution < -0.4 is 10.0 Å². The van der Waals surface area contributed by atoms with E-state index in [2.05, 4.69) is 10.0 Å². The van der Waals surface area contributed by atoms with Crippen molar-refractivity contribution in [1.29, 1.82) is 0 Å². The predicted molar refractivity (Wildman–Crippen MR) is 104 cm³/mol. The Balaban J connectivity index is 0.00000312. The van der Waals surface area contributed by atoms with Gasteiger partial charge >= 0.3 is 0 Å². The second-order valence-corrected chi connectivity index (χ2v) is 8.19. The van der Waals surface area contributed by atoms with Crippen LogP contribution in [-0.2, 0) is 10.0 Å². The molecule has 0 spiro atoms. The molecule has 1 heterocycles. The van der Waals surface area contributed by atoms with Gasteiger partial charge in [-0.1, -0.05) is 12.1 Å². The predicted octanol–water partition coefficient (Wildman–Crippen LogP) is 2.33. The van der Waals surface area contributed by atoms with Crippen LogP contribution in [0.5, 0.6) is 0 Å². The second kappa shape index (κ2) is 9.99. The third-order valence-corrected chi connectivity index (χ3v) is 5.80. The minimum Gasteiger partial charge on any atom is -0.339 e. The number of halogens is 1. The van der Waals surface area contributed by atoms with Crippen molar-refractivity contribution in [2.75, 3.05) is 37.2 Å². The van der Waals surface area contributed by atoms with Crippen molar-refractivity contribution in [3.63, 3.8) is 0 Å². The van der Waals surface area contributed by atoms with Crippen LogP contribution in [-0.4, -0.2) is 51.7 Å². The molecule has 0 aromatic heterocycles. The third-order valence-electron chi connectivity index (χ3n) is 4.51. The Morgan fingerprint density at radius 2 is 1.88 bits per heavy atom. The van der Waals surface area contributed by atoms with Gasteiger partial charge in [-0.25, -0.2) is 8.42 Å². The van der Waals surface area contributed by atoms with Crippen molar-refractivity contribution in [1.82, 2.24) is 10.2 Å². The molecule has 2 N–H and O–H groups in total. The number of hydrogen-bond donors (Lipinski definition) is 2. The molecule has 0 unspecified atom stereocenters. The van der Waals surface area contributed by atoms with E-state index in [-0.39, 0.29) is 24.1 Å². The Labute approximate surface area is 156 Å². The molecule has 2 rings (SSSR count). The molecule has 0 atom stereocenters. The molecular formula is C17H28ClN3O3S. The zero-order valence-electron chi connectivity index (χ0n) is 14.8. The van der Waals surface area contributed by atoms with E-state index < -0.39 is 10.0 Å². The van der Waals surface area contributed by atoms with Crippen molar-refractivity contribution in [2.24, 2.45) is 5.92 Å². The summed E-state index contributed by atoms with van der Waals surface area (Å²) >= 11 is 0. The summed E-state index contributed by atoms with van der Waals surface area (Å²) in [6, 6.07) is 6.81. The molecule has 0 aliphatic carbocycles. The van der Waals surface area contributed by atoms with E-state index in [0.29, 0.717) is 17.2 Å². The highest BCUT2D eigenvalue weighted by atomic mass is 35.5. The normalized spacial score (nSPS) is 15.5. The number of benzene rings is 1. The van der Waals surface area contributed by atoms with Gasteiger partial charge in [-0.3, -0.25) is 9.52 Å². The van der Waals surface area contributed by atoms with Gasteiger partial charge in [0.1, 0.15) is 0 Å². The monoisotopic (exact) mass is 389 g/mol. The zero-order chi connectivity index (χ0) is 17.6. The van der Waals surface area contributed by atoms with Gasteiger partial charge in [-0.15, -0.1) is 12.4 Å². The van der Waals surface area contributed by atoms with E-state index in [4.69, 9.17) is 0 Å².